The number of benzene rings is 1. The zero-order valence-electron chi connectivity index (χ0n) is 26.3. The molecule has 11 atom stereocenters. The lowest BCUT2D eigenvalue weighted by Gasteiger charge is -2.51. The van der Waals surface area contributed by atoms with Gasteiger partial charge in [-0.1, -0.05) is 30.3 Å². The summed E-state index contributed by atoms with van der Waals surface area (Å²) in [6.07, 6.45) is -11.9. The number of carbonyl (C=O) groups excluding carboxylic acids is 5. The third kappa shape index (κ3) is 8.77. The summed E-state index contributed by atoms with van der Waals surface area (Å²) in [7, 11) is 1.38. The van der Waals surface area contributed by atoms with Crippen molar-refractivity contribution in [3.63, 3.8) is 0 Å². The van der Waals surface area contributed by atoms with Gasteiger partial charge in [-0.15, -0.1) is 0 Å². The number of hydrogen-bond donors (Lipinski definition) is 1. The van der Waals surface area contributed by atoms with Crippen molar-refractivity contribution >= 4 is 29.8 Å². The number of nitrogens with one attached hydrogen (secondary N) is 1. The molecular weight excluding hydrogens is 614 g/mol. The Morgan fingerprint density at radius 3 is 1.98 bits per heavy atom. The first-order chi connectivity index (χ1) is 21.9. The van der Waals surface area contributed by atoms with Crippen molar-refractivity contribution < 1.29 is 71.3 Å². The molecule has 16 heteroatoms. The number of esters is 4. The quantitative estimate of drug-likeness (QED) is 0.270. The van der Waals surface area contributed by atoms with Gasteiger partial charge in [0.05, 0.1) is 6.61 Å². The van der Waals surface area contributed by atoms with Crippen molar-refractivity contribution in [1.82, 2.24) is 5.32 Å². The first kappa shape index (κ1) is 35.2. The molecule has 3 fully saturated rings. The van der Waals surface area contributed by atoms with Gasteiger partial charge in [-0.3, -0.25) is 24.0 Å². The average molecular weight is 654 g/mol. The molecule has 3 aliphatic rings. The van der Waals surface area contributed by atoms with Crippen LogP contribution in [0.25, 0.3) is 0 Å². The molecule has 0 aromatic heterocycles. The van der Waals surface area contributed by atoms with Crippen molar-refractivity contribution in [3.8, 4) is 0 Å². The van der Waals surface area contributed by atoms with E-state index in [-0.39, 0.29) is 6.61 Å². The van der Waals surface area contributed by atoms with E-state index >= 15 is 0 Å². The van der Waals surface area contributed by atoms with E-state index in [1.807, 2.05) is 30.3 Å². The molecule has 0 aliphatic carbocycles. The maximum Gasteiger partial charge on any atom is 0.303 e. The molecule has 1 aromatic carbocycles. The van der Waals surface area contributed by atoms with Gasteiger partial charge >= 0.3 is 23.9 Å². The zero-order chi connectivity index (χ0) is 33.5. The molecule has 3 aliphatic heterocycles. The Kier molecular flexibility index (Phi) is 12.0. The highest BCUT2D eigenvalue weighted by atomic mass is 16.8. The molecule has 3 heterocycles. The first-order valence-corrected chi connectivity index (χ1v) is 14.6. The number of hydrogen-bond acceptors (Lipinski definition) is 15. The Hall–Kier alpha value is -3.67. The molecule has 1 amide bonds. The number of methoxy groups -OCH3 is 1. The summed E-state index contributed by atoms with van der Waals surface area (Å²) in [4.78, 5) is 60.9. The topological polar surface area (TPSA) is 190 Å². The molecule has 0 saturated carbocycles. The minimum atomic E-state index is -1.56. The zero-order valence-corrected chi connectivity index (χ0v) is 26.3. The maximum atomic E-state index is 12.4. The predicted molar refractivity (Wildman–Crippen MR) is 150 cm³/mol. The molecule has 1 N–H and O–H groups in total. The Labute approximate surface area is 265 Å². The summed E-state index contributed by atoms with van der Waals surface area (Å²) in [5, 5.41) is 2.77. The van der Waals surface area contributed by atoms with Gasteiger partial charge in [0.2, 0.25) is 5.91 Å². The fraction of sp³-hybridized carbons (Fsp3) is 0.633. The van der Waals surface area contributed by atoms with Crippen LogP contribution < -0.4 is 5.32 Å². The second-order valence-electron chi connectivity index (χ2n) is 10.8. The molecule has 0 bridgehead atoms. The summed E-state index contributed by atoms with van der Waals surface area (Å²) in [6.45, 7) is 5.41. The second-order valence-corrected chi connectivity index (χ2v) is 10.8. The lowest BCUT2D eigenvalue weighted by Crippen LogP contribution is -2.70. The van der Waals surface area contributed by atoms with Crippen molar-refractivity contribution in [3.05, 3.63) is 35.9 Å². The van der Waals surface area contributed by atoms with Gasteiger partial charge in [-0.25, -0.2) is 0 Å². The summed E-state index contributed by atoms with van der Waals surface area (Å²) >= 11 is 0. The van der Waals surface area contributed by atoms with E-state index in [0.29, 0.717) is 5.56 Å². The fourth-order valence-corrected chi connectivity index (χ4v) is 5.56. The Balaban J connectivity index is 1.76. The van der Waals surface area contributed by atoms with Gasteiger partial charge < -0.3 is 52.7 Å². The highest BCUT2D eigenvalue weighted by molar-refractivity contribution is 5.73. The lowest BCUT2D eigenvalue weighted by molar-refractivity contribution is -0.376. The van der Waals surface area contributed by atoms with Gasteiger partial charge in [0, 0.05) is 47.3 Å². The van der Waals surface area contributed by atoms with E-state index in [2.05, 4.69) is 5.32 Å². The normalized spacial score (nSPS) is 33.9. The maximum absolute atomic E-state index is 12.4. The van der Waals surface area contributed by atoms with Crippen LogP contribution in [-0.2, 0) is 71.3 Å². The van der Waals surface area contributed by atoms with Gasteiger partial charge in [0.1, 0.15) is 37.1 Å². The van der Waals surface area contributed by atoms with E-state index in [0.717, 1.165) is 20.8 Å². The number of fused-ring (bicyclic) bond motifs is 1. The molecule has 4 rings (SSSR count). The number of ether oxygens (including phenoxy) is 10. The molecule has 0 unspecified atom stereocenters. The van der Waals surface area contributed by atoms with Gasteiger partial charge in [0.25, 0.3) is 0 Å². The number of rotatable bonds is 10. The minimum Gasteiger partial charge on any atom is -0.463 e. The highest BCUT2D eigenvalue weighted by Crippen LogP contribution is 2.38. The molecule has 3 saturated heterocycles. The van der Waals surface area contributed by atoms with E-state index in [4.69, 9.17) is 47.4 Å². The van der Waals surface area contributed by atoms with Crippen LogP contribution in [0.4, 0.5) is 0 Å². The monoisotopic (exact) mass is 653 g/mol. The molecule has 0 spiro atoms. The molecule has 0 radical (unpaired) electrons. The minimum absolute atomic E-state index is 0.0509. The number of carbonyl (C=O) groups is 5. The predicted octanol–water partition coefficient (Wildman–Crippen LogP) is 0.445. The van der Waals surface area contributed by atoms with E-state index in [1.165, 1.54) is 21.0 Å². The van der Waals surface area contributed by atoms with Crippen molar-refractivity contribution in [1.29, 1.82) is 0 Å². The highest BCUT2D eigenvalue weighted by Gasteiger charge is 2.57. The largest absolute Gasteiger partial charge is 0.463 e. The third-order valence-electron chi connectivity index (χ3n) is 7.25. The average Bonchev–Trinajstić information content (AvgIpc) is 2.99. The fourth-order valence-electron chi connectivity index (χ4n) is 5.56. The summed E-state index contributed by atoms with van der Waals surface area (Å²) in [5.41, 5.74) is 0.705. The molecule has 254 valence electrons. The summed E-state index contributed by atoms with van der Waals surface area (Å²) in [6, 6.07) is 8.09. The first-order valence-electron chi connectivity index (χ1n) is 14.6. The third-order valence-corrected chi connectivity index (χ3v) is 7.25. The van der Waals surface area contributed by atoms with Crippen molar-refractivity contribution in [2.45, 2.75) is 102 Å². The van der Waals surface area contributed by atoms with Gasteiger partial charge in [-0.2, -0.15) is 0 Å². The van der Waals surface area contributed by atoms with Crippen molar-refractivity contribution in [2.75, 3.05) is 20.3 Å². The standard InChI is InChI=1S/C30H39NO15/c1-14(32)31-22-25(23-21(43-29(22)37-6)13-39-28(45-23)19-10-8-7-9-11-19)46-30-27(42-18(5)36)26(41-17(4)35)24(40-16(3)34)20(44-30)12-38-15(2)33/h7-11,20-30H,12-13H2,1-6H3,(H,31,32)/t20-,21+,22-,23+,24-,25-,26+,27-,28+,29-,30+/m0/s1. The molecule has 46 heavy (non-hydrogen) atoms. The van der Waals surface area contributed by atoms with Gasteiger partial charge in [0.15, 0.2) is 37.2 Å². The van der Waals surface area contributed by atoms with Crippen LogP contribution in [0.1, 0.15) is 46.5 Å². The number of amides is 1. The van der Waals surface area contributed by atoms with Crippen LogP contribution in [0.3, 0.4) is 0 Å². The van der Waals surface area contributed by atoms with Crippen LogP contribution in [0.2, 0.25) is 0 Å². The molecule has 16 nitrogen and oxygen atoms in total. The van der Waals surface area contributed by atoms with Crippen LogP contribution in [0, 0.1) is 0 Å². The van der Waals surface area contributed by atoms with Crippen LogP contribution in [0.5, 0.6) is 0 Å². The van der Waals surface area contributed by atoms with E-state index in [1.54, 1.807) is 0 Å². The second kappa shape index (κ2) is 15.8. The SMILES string of the molecule is CO[C@H]1O[C@@H]2CO[C@@H](c3ccccc3)O[C@H]2[C@@H](O[C@H]2O[C@@H](COC(C)=O)[C@H](OC(C)=O)[C@@H](OC(C)=O)[C@@H]2OC(C)=O)[C@@H]1NC(C)=O. The van der Waals surface area contributed by atoms with Crippen LogP contribution in [-0.4, -0.2) is 111 Å². The summed E-state index contributed by atoms with van der Waals surface area (Å²) in [5.74, 6) is -3.49. The Morgan fingerprint density at radius 2 is 1.39 bits per heavy atom. The smallest absolute Gasteiger partial charge is 0.303 e. The van der Waals surface area contributed by atoms with E-state index < -0.39 is 104 Å². The van der Waals surface area contributed by atoms with Crippen molar-refractivity contribution in [2.24, 2.45) is 0 Å². The Bertz CT molecular complexity index is 1240. The molecule has 1 aromatic rings. The lowest BCUT2D eigenvalue weighted by atomic mass is 9.94. The van der Waals surface area contributed by atoms with Gasteiger partial charge in [-0.05, 0) is 0 Å². The molecular formula is C30H39NO15. The summed E-state index contributed by atoms with van der Waals surface area (Å²) < 4.78 is 58.3. The van der Waals surface area contributed by atoms with Crippen LogP contribution in [0.15, 0.2) is 30.3 Å². The van der Waals surface area contributed by atoms with E-state index in [9.17, 15) is 24.0 Å². The Morgan fingerprint density at radius 1 is 0.761 bits per heavy atom. The van der Waals surface area contributed by atoms with Crippen LogP contribution >= 0.6 is 0 Å².